The molecule has 0 aliphatic carbocycles. The van der Waals surface area contributed by atoms with Crippen LogP contribution in [0.1, 0.15) is 17.3 Å². The van der Waals surface area contributed by atoms with Crippen molar-refractivity contribution in [3.05, 3.63) is 54.1 Å². The Bertz CT molecular complexity index is 765. The van der Waals surface area contributed by atoms with Crippen molar-refractivity contribution >= 4 is 17.7 Å². The predicted molar refractivity (Wildman–Crippen MR) is 101 cm³/mol. The maximum Gasteiger partial charge on any atom is 0.253 e. The lowest BCUT2D eigenvalue weighted by atomic mass is 10.2. The zero-order valence-corrected chi connectivity index (χ0v) is 15.2. The van der Waals surface area contributed by atoms with Crippen molar-refractivity contribution in [1.29, 1.82) is 0 Å². The molecule has 0 radical (unpaired) electrons. The van der Waals surface area contributed by atoms with Crippen LogP contribution in [0.4, 0.5) is 0 Å². The highest BCUT2D eigenvalue weighted by Gasteiger charge is 2.09. The second-order valence-corrected chi connectivity index (χ2v) is 6.21. The highest BCUT2D eigenvalue weighted by Crippen LogP contribution is 2.25. The second-order valence-electron chi connectivity index (χ2n) is 4.90. The summed E-state index contributed by atoms with van der Waals surface area (Å²) in [5, 5.41) is 2.81. The van der Waals surface area contributed by atoms with Crippen LogP contribution in [0.2, 0.25) is 0 Å². The Hall–Kier alpha value is -2.58. The van der Waals surface area contributed by atoms with Crippen molar-refractivity contribution < 1.29 is 14.3 Å². The van der Waals surface area contributed by atoms with Crippen molar-refractivity contribution in [2.24, 2.45) is 0 Å². The molecule has 0 unspecified atom stereocenters. The molecule has 0 bridgehead atoms. The Morgan fingerprint density at radius 2 is 1.80 bits per heavy atom. The number of nitrogens with one attached hydrogen (secondary N) is 1. The molecule has 2 rings (SSSR count). The number of methoxy groups -OCH3 is 1. The summed E-state index contributed by atoms with van der Waals surface area (Å²) >= 11 is 1.65. The van der Waals surface area contributed by atoms with Crippen molar-refractivity contribution in [1.82, 2.24) is 5.32 Å². The van der Waals surface area contributed by atoms with Gasteiger partial charge < -0.3 is 14.8 Å². The number of benzene rings is 2. The zero-order chi connectivity index (χ0) is 17.9. The lowest BCUT2D eigenvalue weighted by molar-refractivity contribution is 0.0956. The molecule has 0 fully saturated rings. The summed E-state index contributed by atoms with van der Waals surface area (Å²) in [5.74, 6) is 7.90. The third-order valence-electron chi connectivity index (χ3n) is 3.26. The van der Waals surface area contributed by atoms with Gasteiger partial charge in [-0.05, 0) is 30.0 Å². The van der Waals surface area contributed by atoms with Crippen molar-refractivity contribution in [3.63, 3.8) is 0 Å². The van der Waals surface area contributed by atoms with Crippen LogP contribution in [0.5, 0.6) is 11.5 Å². The number of hydrogen-bond acceptors (Lipinski definition) is 4. The molecule has 1 N–H and O–H groups in total. The van der Waals surface area contributed by atoms with E-state index in [0.717, 1.165) is 10.6 Å². The minimum absolute atomic E-state index is 0.114. The predicted octanol–water partition coefficient (Wildman–Crippen LogP) is 3.62. The molecule has 0 heterocycles. The summed E-state index contributed by atoms with van der Waals surface area (Å²) in [6.07, 6.45) is 0. The fraction of sp³-hybridized carbons (Fsp3) is 0.250. The van der Waals surface area contributed by atoms with Crippen LogP contribution >= 0.6 is 11.8 Å². The average molecular weight is 355 g/mol. The van der Waals surface area contributed by atoms with Gasteiger partial charge in [0.25, 0.3) is 5.91 Å². The maximum atomic E-state index is 12.2. The largest absolute Gasteiger partial charge is 0.493 e. The molecule has 2 aromatic carbocycles. The van der Waals surface area contributed by atoms with Gasteiger partial charge in [-0.15, -0.1) is 11.8 Å². The summed E-state index contributed by atoms with van der Waals surface area (Å²) in [5.41, 5.74) is 0.682. The van der Waals surface area contributed by atoms with Crippen LogP contribution < -0.4 is 14.8 Å². The SMILES string of the molecule is CCSc1ccccc1C(=O)NCC#CCOc1ccccc1OC. The van der Waals surface area contributed by atoms with Crippen molar-refractivity contribution in [2.45, 2.75) is 11.8 Å². The Morgan fingerprint density at radius 1 is 1.08 bits per heavy atom. The van der Waals surface area contributed by atoms with E-state index >= 15 is 0 Å². The molecule has 0 aliphatic rings. The Morgan fingerprint density at radius 3 is 2.56 bits per heavy atom. The molecule has 0 saturated heterocycles. The maximum absolute atomic E-state index is 12.2. The number of amides is 1. The topological polar surface area (TPSA) is 47.6 Å². The second kappa shape index (κ2) is 10.3. The Labute approximate surface area is 152 Å². The molecule has 1 amide bonds. The smallest absolute Gasteiger partial charge is 0.253 e. The first-order valence-corrected chi connectivity index (χ1v) is 8.96. The van der Waals surface area contributed by atoms with E-state index in [1.165, 1.54) is 0 Å². The summed E-state index contributed by atoms with van der Waals surface area (Å²) in [7, 11) is 1.60. The first-order chi connectivity index (χ1) is 12.3. The molecule has 0 spiro atoms. The molecule has 0 saturated carbocycles. The van der Waals surface area contributed by atoms with Gasteiger partial charge in [0.2, 0.25) is 0 Å². The number of thioether (sulfide) groups is 1. The summed E-state index contributed by atoms with van der Waals surface area (Å²) in [6.45, 7) is 2.57. The number of hydrogen-bond donors (Lipinski definition) is 1. The number of carbonyl (C=O) groups is 1. The van der Waals surface area contributed by atoms with Gasteiger partial charge in [0, 0.05) is 4.90 Å². The first kappa shape index (κ1) is 18.8. The minimum Gasteiger partial charge on any atom is -0.493 e. The van der Waals surface area contributed by atoms with Crippen LogP contribution in [0, 0.1) is 11.8 Å². The lowest BCUT2D eigenvalue weighted by Crippen LogP contribution is -2.24. The normalized spacial score (nSPS) is 9.68. The Kier molecular flexibility index (Phi) is 7.74. The van der Waals surface area contributed by atoms with Crippen LogP contribution in [-0.4, -0.2) is 31.9 Å². The molecule has 5 heteroatoms. The molecule has 25 heavy (non-hydrogen) atoms. The molecule has 0 aromatic heterocycles. The number of para-hydroxylation sites is 2. The molecular weight excluding hydrogens is 334 g/mol. The van der Waals surface area contributed by atoms with E-state index in [2.05, 4.69) is 24.1 Å². The van der Waals surface area contributed by atoms with E-state index in [0.29, 0.717) is 17.1 Å². The third-order valence-corrected chi connectivity index (χ3v) is 4.22. The number of carbonyl (C=O) groups excluding carboxylic acids is 1. The third kappa shape index (κ3) is 5.77. The monoisotopic (exact) mass is 355 g/mol. The van der Waals surface area contributed by atoms with Gasteiger partial charge >= 0.3 is 0 Å². The standard InChI is InChI=1S/C20H21NO3S/c1-3-25-19-13-7-4-10-16(19)20(22)21-14-8-9-15-24-18-12-6-5-11-17(18)23-2/h4-7,10-13H,3,14-15H2,1-2H3,(H,21,22). The van der Waals surface area contributed by atoms with Crippen LogP contribution in [0.3, 0.4) is 0 Å². The van der Waals surface area contributed by atoms with E-state index < -0.39 is 0 Å². The van der Waals surface area contributed by atoms with Crippen LogP contribution in [0.25, 0.3) is 0 Å². The molecule has 0 atom stereocenters. The summed E-state index contributed by atoms with van der Waals surface area (Å²) < 4.78 is 10.8. The van der Waals surface area contributed by atoms with E-state index in [-0.39, 0.29) is 19.1 Å². The molecule has 0 aliphatic heterocycles. The van der Waals surface area contributed by atoms with Gasteiger partial charge in [0.1, 0.15) is 6.61 Å². The van der Waals surface area contributed by atoms with Crippen LogP contribution in [-0.2, 0) is 0 Å². The van der Waals surface area contributed by atoms with Crippen molar-refractivity contribution in [3.8, 4) is 23.3 Å². The van der Waals surface area contributed by atoms with Gasteiger partial charge in [-0.1, -0.05) is 43.0 Å². The van der Waals surface area contributed by atoms with Gasteiger partial charge in [-0.2, -0.15) is 0 Å². The fourth-order valence-corrected chi connectivity index (χ4v) is 2.92. The highest BCUT2D eigenvalue weighted by molar-refractivity contribution is 7.99. The van der Waals surface area contributed by atoms with E-state index in [9.17, 15) is 4.79 Å². The van der Waals surface area contributed by atoms with Gasteiger partial charge in [-0.3, -0.25) is 4.79 Å². The van der Waals surface area contributed by atoms with E-state index in [4.69, 9.17) is 9.47 Å². The van der Waals surface area contributed by atoms with E-state index in [1.807, 2.05) is 48.5 Å². The molecule has 2 aromatic rings. The number of rotatable bonds is 7. The molecule has 130 valence electrons. The quantitative estimate of drug-likeness (QED) is 0.609. The van der Waals surface area contributed by atoms with Gasteiger partial charge in [-0.25, -0.2) is 0 Å². The Balaban J connectivity index is 1.81. The van der Waals surface area contributed by atoms with Crippen molar-refractivity contribution in [2.75, 3.05) is 26.0 Å². The summed E-state index contributed by atoms with van der Waals surface area (Å²) in [4.78, 5) is 13.2. The fourth-order valence-electron chi connectivity index (χ4n) is 2.12. The summed E-state index contributed by atoms with van der Waals surface area (Å²) in [6, 6.07) is 15.0. The first-order valence-electron chi connectivity index (χ1n) is 7.97. The molecule has 4 nitrogen and oxygen atoms in total. The lowest BCUT2D eigenvalue weighted by Gasteiger charge is -2.07. The minimum atomic E-state index is -0.114. The van der Waals surface area contributed by atoms with E-state index in [1.54, 1.807) is 18.9 Å². The van der Waals surface area contributed by atoms with Crippen LogP contribution in [0.15, 0.2) is 53.4 Å². The zero-order valence-electron chi connectivity index (χ0n) is 14.4. The average Bonchev–Trinajstić information content (AvgIpc) is 2.65. The molecular formula is C20H21NO3S. The highest BCUT2D eigenvalue weighted by atomic mass is 32.2. The van der Waals surface area contributed by atoms with Gasteiger partial charge in [0.05, 0.1) is 19.2 Å². The number of ether oxygens (including phenoxy) is 2. The van der Waals surface area contributed by atoms with Gasteiger partial charge in [0.15, 0.2) is 11.5 Å².